The van der Waals surface area contributed by atoms with Crippen molar-refractivity contribution >= 4 is 0 Å². The van der Waals surface area contributed by atoms with Crippen LogP contribution in [0.15, 0.2) is 35.1 Å². The van der Waals surface area contributed by atoms with Crippen LogP contribution in [0.3, 0.4) is 0 Å². The van der Waals surface area contributed by atoms with Crippen LogP contribution in [0.1, 0.15) is 24.7 Å². The zero-order chi connectivity index (χ0) is 11.4. The lowest BCUT2D eigenvalue weighted by Crippen LogP contribution is -2.18. The molecule has 0 atom stereocenters. The second kappa shape index (κ2) is 4.79. The van der Waals surface area contributed by atoms with E-state index in [1.807, 2.05) is 37.3 Å². The van der Waals surface area contributed by atoms with Crippen molar-refractivity contribution in [3.05, 3.63) is 52.2 Å². The molecule has 0 amide bonds. The molecule has 0 aliphatic rings. The molecular formula is C12H15N3O. The van der Waals surface area contributed by atoms with Crippen LogP contribution in [0.5, 0.6) is 0 Å². The van der Waals surface area contributed by atoms with Gasteiger partial charge in [0.25, 0.3) is 0 Å². The Hall–Kier alpha value is -1.84. The minimum Gasteiger partial charge on any atom is -0.279 e. The molecule has 2 aromatic rings. The predicted molar refractivity (Wildman–Crippen MR) is 62.4 cm³/mol. The first-order valence-corrected chi connectivity index (χ1v) is 5.49. The lowest BCUT2D eigenvalue weighted by Gasteiger charge is -2.03. The van der Waals surface area contributed by atoms with Crippen LogP contribution in [0.2, 0.25) is 0 Å². The maximum Gasteiger partial charge on any atom is 0.343 e. The first-order chi connectivity index (χ1) is 7.81. The average molecular weight is 217 g/mol. The van der Waals surface area contributed by atoms with E-state index in [-0.39, 0.29) is 5.69 Å². The summed E-state index contributed by atoms with van der Waals surface area (Å²) < 4.78 is 1.70. The molecule has 0 fully saturated rings. The standard InChI is InChI=1S/C12H15N3O/c1-2-8-15-11(13-14-12(15)16)9-10-6-4-3-5-7-10/h3-7H,2,8-9H2,1H3,(H,14,16). The predicted octanol–water partition coefficient (Wildman–Crippen LogP) is 1.57. The summed E-state index contributed by atoms with van der Waals surface area (Å²) in [5, 5.41) is 6.55. The van der Waals surface area contributed by atoms with Crippen molar-refractivity contribution < 1.29 is 0 Å². The van der Waals surface area contributed by atoms with Crippen molar-refractivity contribution in [3.8, 4) is 0 Å². The molecule has 0 aliphatic carbocycles. The monoisotopic (exact) mass is 217 g/mol. The Morgan fingerprint density at radius 1 is 1.31 bits per heavy atom. The van der Waals surface area contributed by atoms with Crippen LogP contribution >= 0.6 is 0 Å². The largest absolute Gasteiger partial charge is 0.343 e. The molecule has 84 valence electrons. The van der Waals surface area contributed by atoms with Crippen LogP contribution in [0.4, 0.5) is 0 Å². The molecule has 1 heterocycles. The minimum absolute atomic E-state index is 0.118. The van der Waals surface area contributed by atoms with Gasteiger partial charge in [0.05, 0.1) is 0 Å². The van der Waals surface area contributed by atoms with Gasteiger partial charge in [0.2, 0.25) is 0 Å². The molecule has 0 saturated carbocycles. The van der Waals surface area contributed by atoms with E-state index in [0.29, 0.717) is 6.42 Å². The van der Waals surface area contributed by atoms with Gasteiger partial charge in [0.15, 0.2) is 0 Å². The van der Waals surface area contributed by atoms with Gasteiger partial charge in [-0.2, -0.15) is 5.10 Å². The van der Waals surface area contributed by atoms with E-state index in [1.165, 1.54) is 5.56 Å². The molecule has 0 aliphatic heterocycles. The molecule has 0 radical (unpaired) electrons. The average Bonchev–Trinajstić information content (AvgIpc) is 2.64. The fourth-order valence-electron chi connectivity index (χ4n) is 1.72. The SMILES string of the molecule is CCCn1c(Cc2ccccc2)n[nH]c1=O. The lowest BCUT2D eigenvalue weighted by molar-refractivity contribution is 0.628. The van der Waals surface area contributed by atoms with Crippen molar-refractivity contribution in [1.29, 1.82) is 0 Å². The Morgan fingerprint density at radius 3 is 2.75 bits per heavy atom. The molecule has 4 heteroatoms. The normalized spacial score (nSPS) is 10.6. The first kappa shape index (κ1) is 10.7. The van der Waals surface area contributed by atoms with E-state index in [0.717, 1.165) is 18.8 Å². The molecule has 1 aromatic heterocycles. The van der Waals surface area contributed by atoms with Crippen LogP contribution < -0.4 is 5.69 Å². The zero-order valence-corrected chi connectivity index (χ0v) is 9.31. The van der Waals surface area contributed by atoms with Crippen LogP contribution in [0, 0.1) is 0 Å². The second-order valence-electron chi connectivity index (χ2n) is 3.76. The Bertz CT molecular complexity index is 498. The highest BCUT2D eigenvalue weighted by Crippen LogP contribution is 2.05. The van der Waals surface area contributed by atoms with Gasteiger partial charge in [-0.25, -0.2) is 9.89 Å². The highest BCUT2D eigenvalue weighted by atomic mass is 16.1. The third-order valence-electron chi connectivity index (χ3n) is 2.49. The number of aromatic nitrogens is 3. The zero-order valence-electron chi connectivity index (χ0n) is 9.31. The second-order valence-corrected chi connectivity index (χ2v) is 3.76. The number of nitrogens with one attached hydrogen (secondary N) is 1. The smallest absolute Gasteiger partial charge is 0.279 e. The molecule has 0 bridgehead atoms. The first-order valence-electron chi connectivity index (χ1n) is 5.49. The number of H-pyrrole nitrogens is 1. The van der Waals surface area contributed by atoms with Gasteiger partial charge in [-0.1, -0.05) is 37.3 Å². The van der Waals surface area contributed by atoms with E-state index in [1.54, 1.807) is 4.57 Å². The van der Waals surface area contributed by atoms with Crippen LogP contribution in [-0.4, -0.2) is 14.8 Å². The fourth-order valence-corrected chi connectivity index (χ4v) is 1.72. The van der Waals surface area contributed by atoms with Gasteiger partial charge >= 0.3 is 5.69 Å². The minimum atomic E-state index is -0.118. The molecule has 0 spiro atoms. The maximum absolute atomic E-state index is 11.5. The van der Waals surface area contributed by atoms with Gasteiger partial charge in [-0.05, 0) is 12.0 Å². The molecule has 2 rings (SSSR count). The van der Waals surface area contributed by atoms with Gasteiger partial charge in [0.1, 0.15) is 5.82 Å². The van der Waals surface area contributed by atoms with E-state index in [2.05, 4.69) is 10.2 Å². The van der Waals surface area contributed by atoms with Gasteiger partial charge < -0.3 is 0 Å². The Labute approximate surface area is 93.9 Å². The Balaban J connectivity index is 2.25. The van der Waals surface area contributed by atoms with Crippen molar-refractivity contribution in [3.63, 3.8) is 0 Å². The molecule has 0 unspecified atom stereocenters. The van der Waals surface area contributed by atoms with E-state index in [9.17, 15) is 4.79 Å². The van der Waals surface area contributed by atoms with Crippen LogP contribution in [-0.2, 0) is 13.0 Å². The number of rotatable bonds is 4. The van der Waals surface area contributed by atoms with Crippen molar-refractivity contribution in [1.82, 2.24) is 14.8 Å². The summed E-state index contributed by atoms with van der Waals surface area (Å²) in [6, 6.07) is 10.0. The van der Waals surface area contributed by atoms with E-state index < -0.39 is 0 Å². The molecule has 1 aromatic carbocycles. The highest BCUT2D eigenvalue weighted by molar-refractivity contribution is 5.18. The molecular weight excluding hydrogens is 202 g/mol. The third-order valence-corrected chi connectivity index (χ3v) is 2.49. The molecule has 1 N–H and O–H groups in total. The quantitative estimate of drug-likeness (QED) is 0.845. The number of hydrogen-bond donors (Lipinski definition) is 1. The number of nitrogens with zero attached hydrogens (tertiary/aromatic N) is 2. The van der Waals surface area contributed by atoms with Crippen molar-refractivity contribution in [2.45, 2.75) is 26.3 Å². The van der Waals surface area contributed by atoms with Gasteiger partial charge in [0, 0.05) is 13.0 Å². The molecule has 0 saturated heterocycles. The topological polar surface area (TPSA) is 50.7 Å². The molecule has 4 nitrogen and oxygen atoms in total. The summed E-state index contributed by atoms with van der Waals surface area (Å²) >= 11 is 0. The maximum atomic E-state index is 11.5. The van der Waals surface area contributed by atoms with Gasteiger partial charge in [-0.3, -0.25) is 4.57 Å². The summed E-state index contributed by atoms with van der Waals surface area (Å²) in [4.78, 5) is 11.5. The van der Waals surface area contributed by atoms with E-state index in [4.69, 9.17) is 0 Å². The van der Waals surface area contributed by atoms with Crippen LogP contribution in [0.25, 0.3) is 0 Å². The highest BCUT2D eigenvalue weighted by Gasteiger charge is 2.07. The lowest BCUT2D eigenvalue weighted by atomic mass is 10.1. The number of hydrogen-bond acceptors (Lipinski definition) is 2. The van der Waals surface area contributed by atoms with Gasteiger partial charge in [-0.15, -0.1) is 0 Å². The summed E-state index contributed by atoms with van der Waals surface area (Å²) in [6.07, 6.45) is 1.63. The van der Waals surface area contributed by atoms with Crippen molar-refractivity contribution in [2.75, 3.05) is 0 Å². The Kier molecular flexibility index (Phi) is 3.19. The van der Waals surface area contributed by atoms with E-state index >= 15 is 0 Å². The fraction of sp³-hybridized carbons (Fsp3) is 0.333. The summed E-state index contributed by atoms with van der Waals surface area (Å²) in [5.74, 6) is 0.804. The number of aromatic amines is 1. The van der Waals surface area contributed by atoms with Crippen molar-refractivity contribution in [2.24, 2.45) is 0 Å². The molecule has 16 heavy (non-hydrogen) atoms. The summed E-state index contributed by atoms with van der Waals surface area (Å²) in [7, 11) is 0. The Morgan fingerprint density at radius 2 is 2.06 bits per heavy atom. The summed E-state index contributed by atoms with van der Waals surface area (Å²) in [5.41, 5.74) is 1.05. The summed E-state index contributed by atoms with van der Waals surface area (Å²) in [6.45, 7) is 2.77. The third kappa shape index (κ3) is 2.21. The number of benzene rings is 1.